The van der Waals surface area contributed by atoms with Crippen molar-refractivity contribution < 1.29 is 0 Å². The van der Waals surface area contributed by atoms with Gasteiger partial charge >= 0.3 is 0 Å². The average Bonchev–Trinajstić information content (AvgIpc) is 2.40. The van der Waals surface area contributed by atoms with E-state index in [0.717, 1.165) is 12.1 Å². The lowest BCUT2D eigenvalue weighted by atomic mass is 9.94. The van der Waals surface area contributed by atoms with Gasteiger partial charge in [-0.1, -0.05) is 20.3 Å². The molecule has 0 amide bonds. The Labute approximate surface area is 120 Å². The maximum atomic E-state index is 2.85. The molecule has 0 aromatic heterocycles. The normalized spacial score (nSPS) is 28.0. The summed E-state index contributed by atoms with van der Waals surface area (Å²) in [6, 6.07) is 1.79. The molecule has 3 heteroatoms. The fourth-order valence-corrected chi connectivity index (χ4v) is 3.73. The van der Waals surface area contributed by atoms with E-state index in [9.17, 15) is 0 Å². The molecule has 2 fully saturated rings. The highest BCUT2D eigenvalue weighted by Gasteiger charge is 2.29. The van der Waals surface area contributed by atoms with Crippen LogP contribution in [0.5, 0.6) is 0 Å². The lowest BCUT2D eigenvalue weighted by Crippen LogP contribution is -2.50. The van der Waals surface area contributed by atoms with Crippen LogP contribution in [0.2, 0.25) is 0 Å². The Hall–Kier alpha value is 0.210. The van der Waals surface area contributed by atoms with Crippen molar-refractivity contribution in [3.63, 3.8) is 0 Å². The van der Waals surface area contributed by atoms with Crippen LogP contribution in [0.3, 0.4) is 0 Å². The Morgan fingerprint density at radius 1 is 0.944 bits per heavy atom. The molecular formula is C15H31ClN2. The van der Waals surface area contributed by atoms with Gasteiger partial charge in [0.05, 0.1) is 0 Å². The zero-order valence-corrected chi connectivity index (χ0v) is 13.1. The van der Waals surface area contributed by atoms with Gasteiger partial charge in [-0.15, -0.1) is 12.4 Å². The maximum Gasteiger partial charge on any atom is 0.0122 e. The Morgan fingerprint density at radius 2 is 1.67 bits per heavy atom. The third-order valence-electron chi connectivity index (χ3n) is 4.71. The van der Waals surface area contributed by atoms with Crippen molar-refractivity contribution >= 4 is 12.4 Å². The minimum Gasteiger partial charge on any atom is -0.303 e. The SMILES string of the molecule is CCCN1CCC(N2CCCCC2CC)CC1.Cl. The highest BCUT2D eigenvalue weighted by atomic mass is 35.5. The highest BCUT2D eigenvalue weighted by Crippen LogP contribution is 2.26. The molecule has 2 heterocycles. The molecule has 0 spiro atoms. The predicted molar refractivity (Wildman–Crippen MR) is 81.6 cm³/mol. The first-order chi connectivity index (χ1) is 8.35. The van der Waals surface area contributed by atoms with Crippen molar-refractivity contribution in [3.05, 3.63) is 0 Å². The fraction of sp³-hybridized carbons (Fsp3) is 1.00. The van der Waals surface area contributed by atoms with Gasteiger partial charge in [-0.2, -0.15) is 0 Å². The molecule has 18 heavy (non-hydrogen) atoms. The van der Waals surface area contributed by atoms with Gasteiger partial charge in [-0.25, -0.2) is 0 Å². The van der Waals surface area contributed by atoms with Gasteiger partial charge in [0.25, 0.3) is 0 Å². The third kappa shape index (κ3) is 4.11. The van der Waals surface area contributed by atoms with Crippen LogP contribution in [-0.4, -0.2) is 48.1 Å². The van der Waals surface area contributed by atoms with Crippen LogP contribution in [0.1, 0.15) is 58.8 Å². The van der Waals surface area contributed by atoms with E-state index in [-0.39, 0.29) is 12.4 Å². The second-order valence-electron chi connectivity index (χ2n) is 5.87. The van der Waals surface area contributed by atoms with E-state index in [4.69, 9.17) is 0 Å². The standard InChI is InChI=1S/C15H30N2.ClH/c1-3-10-16-12-8-15(9-13-16)17-11-6-5-7-14(17)4-2;/h14-15H,3-13H2,1-2H3;1H. The molecule has 2 nitrogen and oxygen atoms in total. The predicted octanol–water partition coefficient (Wildman–Crippen LogP) is 3.55. The molecule has 0 aromatic rings. The summed E-state index contributed by atoms with van der Waals surface area (Å²) in [5.74, 6) is 0. The first kappa shape index (κ1) is 16.3. The molecule has 0 saturated carbocycles. The van der Waals surface area contributed by atoms with E-state index >= 15 is 0 Å². The Morgan fingerprint density at radius 3 is 2.28 bits per heavy atom. The van der Waals surface area contributed by atoms with Crippen LogP contribution < -0.4 is 0 Å². The highest BCUT2D eigenvalue weighted by molar-refractivity contribution is 5.85. The summed E-state index contributed by atoms with van der Waals surface area (Å²) >= 11 is 0. The lowest BCUT2D eigenvalue weighted by molar-refractivity contribution is 0.0488. The number of piperidine rings is 2. The van der Waals surface area contributed by atoms with Crippen LogP contribution in [0.25, 0.3) is 0 Å². The molecule has 0 radical (unpaired) electrons. The average molecular weight is 275 g/mol. The molecule has 1 atom stereocenters. The quantitative estimate of drug-likeness (QED) is 0.774. The number of likely N-dealkylation sites (tertiary alicyclic amines) is 2. The minimum atomic E-state index is 0. The summed E-state index contributed by atoms with van der Waals surface area (Å²) in [4.78, 5) is 5.51. The van der Waals surface area contributed by atoms with Crippen molar-refractivity contribution in [2.45, 2.75) is 70.9 Å². The summed E-state index contributed by atoms with van der Waals surface area (Å²) in [6.07, 6.45) is 9.84. The molecule has 0 bridgehead atoms. The Balaban J connectivity index is 0.00000162. The van der Waals surface area contributed by atoms with Crippen molar-refractivity contribution in [1.82, 2.24) is 9.80 Å². The van der Waals surface area contributed by atoms with Gasteiger partial charge in [-0.05, 0) is 64.7 Å². The van der Waals surface area contributed by atoms with E-state index in [1.165, 1.54) is 71.1 Å². The third-order valence-corrected chi connectivity index (χ3v) is 4.71. The first-order valence-corrected chi connectivity index (χ1v) is 7.83. The van der Waals surface area contributed by atoms with Crippen molar-refractivity contribution in [2.24, 2.45) is 0 Å². The van der Waals surface area contributed by atoms with E-state index in [0.29, 0.717) is 0 Å². The smallest absolute Gasteiger partial charge is 0.0122 e. The fourth-order valence-electron chi connectivity index (χ4n) is 3.73. The van der Waals surface area contributed by atoms with Gasteiger partial charge in [-0.3, -0.25) is 4.90 Å². The monoisotopic (exact) mass is 274 g/mol. The molecule has 0 N–H and O–H groups in total. The van der Waals surface area contributed by atoms with Crippen LogP contribution in [0, 0.1) is 0 Å². The molecule has 1 unspecified atom stereocenters. The van der Waals surface area contributed by atoms with Gasteiger partial charge in [0.2, 0.25) is 0 Å². The summed E-state index contributed by atoms with van der Waals surface area (Å²) in [7, 11) is 0. The number of rotatable bonds is 4. The second kappa shape index (κ2) is 8.39. The molecule has 2 aliphatic rings. The van der Waals surface area contributed by atoms with Crippen molar-refractivity contribution in [1.29, 1.82) is 0 Å². The maximum absolute atomic E-state index is 2.85. The molecule has 2 rings (SSSR count). The van der Waals surface area contributed by atoms with E-state index in [1.807, 2.05) is 0 Å². The number of halogens is 1. The minimum absolute atomic E-state index is 0. The largest absolute Gasteiger partial charge is 0.303 e. The van der Waals surface area contributed by atoms with Crippen LogP contribution in [-0.2, 0) is 0 Å². The summed E-state index contributed by atoms with van der Waals surface area (Å²) < 4.78 is 0. The number of nitrogens with zero attached hydrogens (tertiary/aromatic N) is 2. The van der Waals surface area contributed by atoms with Crippen molar-refractivity contribution in [2.75, 3.05) is 26.2 Å². The zero-order valence-electron chi connectivity index (χ0n) is 12.2. The molecule has 108 valence electrons. The van der Waals surface area contributed by atoms with E-state index in [1.54, 1.807) is 0 Å². The first-order valence-electron chi connectivity index (χ1n) is 7.83. The van der Waals surface area contributed by atoms with Crippen LogP contribution in [0.15, 0.2) is 0 Å². The van der Waals surface area contributed by atoms with Gasteiger partial charge in [0, 0.05) is 12.1 Å². The number of hydrogen-bond acceptors (Lipinski definition) is 2. The van der Waals surface area contributed by atoms with E-state index < -0.39 is 0 Å². The van der Waals surface area contributed by atoms with Gasteiger partial charge in [0.1, 0.15) is 0 Å². The second-order valence-corrected chi connectivity index (χ2v) is 5.87. The Kier molecular flexibility index (Phi) is 7.59. The molecule has 2 saturated heterocycles. The number of hydrogen-bond donors (Lipinski definition) is 0. The molecule has 2 aliphatic heterocycles. The topological polar surface area (TPSA) is 6.48 Å². The summed E-state index contributed by atoms with van der Waals surface area (Å²) in [6.45, 7) is 10.0. The van der Waals surface area contributed by atoms with Gasteiger partial charge in [0.15, 0.2) is 0 Å². The van der Waals surface area contributed by atoms with Crippen LogP contribution in [0.4, 0.5) is 0 Å². The van der Waals surface area contributed by atoms with Crippen LogP contribution >= 0.6 is 12.4 Å². The van der Waals surface area contributed by atoms with Crippen molar-refractivity contribution in [3.8, 4) is 0 Å². The van der Waals surface area contributed by atoms with Gasteiger partial charge < -0.3 is 4.90 Å². The summed E-state index contributed by atoms with van der Waals surface area (Å²) in [5, 5.41) is 0. The summed E-state index contributed by atoms with van der Waals surface area (Å²) in [5.41, 5.74) is 0. The molecular weight excluding hydrogens is 244 g/mol. The zero-order chi connectivity index (χ0) is 12.1. The molecule has 0 aromatic carbocycles. The molecule has 0 aliphatic carbocycles. The lowest BCUT2D eigenvalue weighted by Gasteiger charge is -2.44. The Bertz CT molecular complexity index is 215. The van der Waals surface area contributed by atoms with E-state index in [2.05, 4.69) is 23.6 Å².